The molecule has 0 fully saturated rings. The summed E-state index contributed by atoms with van der Waals surface area (Å²) in [6, 6.07) is -0.982. The number of primary amides is 1. The maximum absolute atomic E-state index is 11.5. The molecule has 0 radical (unpaired) electrons. The molecule has 14 heavy (non-hydrogen) atoms. The highest BCUT2D eigenvalue weighted by Gasteiger charge is 2.13. The summed E-state index contributed by atoms with van der Waals surface area (Å²) >= 11 is 0. The number of fused-ring (bicyclic) bond motifs is 1. The van der Waals surface area contributed by atoms with Crippen molar-refractivity contribution in [1.82, 2.24) is 19.5 Å². The number of nitrogen functional groups attached to an aromatic ring is 1. The molecule has 8 nitrogen and oxygen atoms in total. The lowest BCUT2D eigenvalue weighted by Gasteiger charge is -2.01. The summed E-state index contributed by atoms with van der Waals surface area (Å²) < 4.78 is 0.559. The average molecular weight is 194 g/mol. The summed E-state index contributed by atoms with van der Waals surface area (Å²) in [6.07, 6.45) is 1.28. The van der Waals surface area contributed by atoms with Crippen LogP contribution in [0.1, 0.15) is 0 Å². The summed E-state index contributed by atoms with van der Waals surface area (Å²) in [4.78, 5) is 32.4. The van der Waals surface area contributed by atoms with E-state index in [9.17, 15) is 9.59 Å². The van der Waals surface area contributed by atoms with Crippen molar-refractivity contribution in [2.75, 3.05) is 5.73 Å². The predicted molar refractivity (Wildman–Crippen MR) is 47.5 cm³/mol. The zero-order valence-electron chi connectivity index (χ0n) is 6.89. The first-order valence-electron chi connectivity index (χ1n) is 3.62. The number of imidazole rings is 1. The summed E-state index contributed by atoms with van der Waals surface area (Å²) in [5.41, 5.74) is 9.87. The van der Waals surface area contributed by atoms with E-state index in [0.717, 1.165) is 0 Å². The normalized spacial score (nSPS) is 10.6. The molecule has 2 rings (SSSR count). The van der Waals surface area contributed by atoms with E-state index in [-0.39, 0.29) is 17.1 Å². The number of H-pyrrole nitrogens is 1. The largest absolute Gasteiger partial charge is 0.369 e. The molecule has 72 valence electrons. The Bertz CT molecular complexity index is 567. The van der Waals surface area contributed by atoms with Gasteiger partial charge in [0, 0.05) is 0 Å². The number of hydrogen-bond acceptors (Lipinski definition) is 5. The van der Waals surface area contributed by atoms with Crippen LogP contribution in [0, 0.1) is 0 Å². The molecule has 0 saturated heterocycles. The first kappa shape index (κ1) is 8.23. The minimum atomic E-state index is -0.982. The second kappa shape index (κ2) is 2.55. The fraction of sp³-hybridized carbons (Fsp3) is 0. The quantitative estimate of drug-likeness (QED) is 0.475. The average Bonchev–Trinajstić information content (AvgIpc) is 2.50. The van der Waals surface area contributed by atoms with Gasteiger partial charge < -0.3 is 16.5 Å². The molecule has 0 unspecified atom stereocenters. The number of anilines is 1. The van der Waals surface area contributed by atoms with E-state index in [2.05, 4.69) is 15.0 Å². The van der Waals surface area contributed by atoms with Gasteiger partial charge in [0.15, 0.2) is 11.2 Å². The highest BCUT2D eigenvalue weighted by atomic mass is 16.2. The van der Waals surface area contributed by atoms with E-state index < -0.39 is 11.6 Å². The maximum atomic E-state index is 11.5. The molecule has 0 atom stereocenters. The number of rotatable bonds is 0. The maximum Gasteiger partial charge on any atom is 0.328 e. The van der Waals surface area contributed by atoms with Crippen LogP contribution in [0.2, 0.25) is 0 Å². The Labute approximate surface area is 76.6 Å². The van der Waals surface area contributed by atoms with Crippen LogP contribution in [0.3, 0.4) is 0 Å². The number of aromatic amines is 1. The van der Waals surface area contributed by atoms with E-state index in [0.29, 0.717) is 4.57 Å². The van der Waals surface area contributed by atoms with Gasteiger partial charge in [-0.2, -0.15) is 9.55 Å². The van der Waals surface area contributed by atoms with Crippen molar-refractivity contribution < 1.29 is 4.79 Å². The van der Waals surface area contributed by atoms with Crippen LogP contribution in [0.5, 0.6) is 0 Å². The molecule has 0 aromatic carbocycles. The van der Waals surface area contributed by atoms with Crippen molar-refractivity contribution in [1.29, 1.82) is 0 Å². The minimum absolute atomic E-state index is 0.0259. The molecule has 0 aliphatic carbocycles. The fourth-order valence-electron chi connectivity index (χ4n) is 1.12. The fourth-order valence-corrected chi connectivity index (χ4v) is 1.12. The van der Waals surface area contributed by atoms with Gasteiger partial charge in [-0.15, -0.1) is 0 Å². The van der Waals surface area contributed by atoms with Crippen LogP contribution in [0.4, 0.5) is 10.7 Å². The van der Waals surface area contributed by atoms with Gasteiger partial charge in [-0.05, 0) is 0 Å². The van der Waals surface area contributed by atoms with Gasteiger partial charge in [-0.1, -0.05) is 0 Å². The molecule has 0 bridgehead atoms. The van der Waals surface area contributed by atoms with E-state index >= 15 is 0 Å². The molecule has 0 aliphatic heterocycles. The molecule has 1 amide bonds. The number of hydrogen-bond donors (Lipinski definition) is 3. The van der Waals surface area contributed by atoms with E-state index in [1.54, 1.807) is 0 Å². The number of amides is 1. The van der Waals surface area contributed by atoms with E-state index in [1.165, 1.54) is 6.33 Å². The summed E-state index contributed by atoms with van der Waals surface area (Å²) in [5, 5.41) is 0. The topological polar surface area (TPSA) is 133 Å². The van der Waals surface area contributed by atoms with Crippen molar-refractivity contribution in [2.45, 2.75) is 0 Å². The van der Waals surface area contributed by atoms with Crippen molar-refractivity contribution in [2.24, 2.45) is 5.73 Å². The standard InChI is InChI=1S/C6H6N6O2/c7-5-11-3-2(9-1-10-3)4(13)12(5)6(8)14/h1H,(H2,7,11)(H2,8,14)(H,9,10). The molecule has 8 heteroatoms. The molecular formula is C6H6N6O2. The smallest absolute Gasteiger partial charge is 0.328 e. The second-order valence-electron chi connectivity index (χ2n) is 2.55. The monoisotopic (exact) mass is 194 g/mol. The van der Waals surface area contributed by atoms with Crippen LogP contribution in [-0.2, 0) is 0 Å². The van der Waals surface area contributed by atoms with Gasteiger partial charge in [0.1, 0.15) is 0 Å². The third kappa shape index (κ3) is 0.937. The molecule has 0 spiro atoms. The van der Waals surface area contributed by atoms with Crippen LogP contribution < -0.4 is 17.0 Å². The summed E-state index contributed by atoms with van der Waals surface area (Å²) in [5.74, 6) is -0.265. The zero-order valence-corrected chi connectivity index (χ0v) is 6.89. The van der Waals surface area contributed by atoms with Crippen molar-refractivity contribution in [3.8, 4) is 0 Å². The number of nitrogens with two attached hydrogens (primary N) is 2. The van der Waals surface area contributed by atoms with Crippen molar-refractivity contribution >= 4 is 23.1 Å². The molecule has 2 aromatic rings. The molecule has 0 saturated carbocycles. The van der Waals surface area contributed by atoms with Crippen LogP contribution in [0.25, 0.3) is 11.2 Å². The van der Waals surface area contributed by atoms with Crippen LogP contribution in [-0.4, -0.2) is 25.6 Å². The summed E-state index contributed by atoms with van der Waals surface area (Å²) in [6.45, 7) is 0. The number of aromatic nitrogens is 4. The molecule has 5 N–H and O–H groups in total. The SMILES string of the molecule is NC(=O)n1c(N)nc2[nH]cnc2c1=O. The predicted octanol–water partition coefficient (Wildman–Crippen LogP) is -1.37. The Hall–Kier alpha value is -2.38. The highest BCUT2D eigenvalue weighted by molar-refractivity contribution is 5.81. The number of carbonyl (C=O) groups is 1. The number of nitrogens with one attached hydrogen (secondary N) is 1. The van der Waals surface area contributed by atoms with Crippen molar-refractivity contribution in [3.05, 3.63) is 16.7 Å². The first-order valence-corrected chi connectivity index (χ1v) is 3.62. The van der Waals surface area contributed by atoms with E-state index in [4.69, 9.17) is 11.5 Å². The lowest BCUT2D eigenvalue weighted by atomic mass is 10.5. The molecule has 0 aliphatic rings. The Morgan fingerprint density at radius 1 is 1.57 bits per heavy atom. The van der Waals surface area contributed by atoms with Gasteiger partial charge in [0.2, 0.25) is 5.95 Å². The van der Waals surface area contributed by atoms with Gasteiger partial charge in [0.25, 0.3) is 5.56 Å². The number of carbonyl (C=O) groups excluding carboxylic acids is 1. The Kier molecular flexibility index (Phi) is 1.50. The van der Waals surface area contributed by atoms with Crippen molar-refractivity contribution in [3.63, 3.8) is 0 Å². The lowest BCUT2D eigenvalue weighted by Crippen LogP contribution is -2.34. The van der Waals surface area contributed by atoms with Crippen LogP contribution in [0.15, 0.2) is 11.1 Å². The minimum Gasteiger partial charge on any atom is -0.369 e. The summed E-state index contributed by atoms with van der Waals surface area (Å²) in [7, 11) is 0. The van der Waals surface area contributed by atoms with Gasteiger partial charge >= 0.3 is 6.03 Å². The molecule has 2 aromatic heterocycles. The lowest BCUT2D eigenvalue weighted by molar-refractivity contribution is 0.250. The number of nitrogens with zero attached hydrogens (tertiary/aromatic N) is 3. The molecule has 2 heterocycles. The van der Waals surface area contributed by atoms with Gasteiger partial charge in [-0.25, -0.2) is 9.78 Å². The third-order valence-corrected chi connectivity index (χ3v) is 1.70. The Morgan fingerprint density at radius 2 is 2.29 bits per heavy atom. The second-order valence-corrected chi connectivity index (χ2v) is 2.55. The van der Waals surface area contributed by atoms with Gasteiger partial charge in [0.05, 0.1) is 6.33 Å². The van der Waals surface area contributed by atoms with Crippen LogP contribution >= 0.6 is 0 Å². The Morgan fingerprint density at radius 3 is 2.93 bits per heavy atom. The molecular weight excluding hydrogens is 188 g/mol. The van der Waals surface area contributed by atoms with Gasteiger partial charge in [-0.3, -0.25) is 4.79 Å². The third-order valence-electron chi connectivity index (χ3n) is 1.70. The zero-order chi connectivity index (χ0) is 10.3. The van der Waals surface area contributed by atoms with E-state index in [1.807, 2.05) is 0 Å². The Balaban J connectivity index is 2.97. The first-order chi connectivity index (χ1) is 6.61. The highest BCUT2D eigenvalue weighted by Crippen LogP contribution is 2.02.